The molecule has 0 aliphatic carbocycles. The van der Waals surface area contributed by atoms with E-state index in [0.717, 1.165) is 0 Å². The average Bonchev–Trinajstić information content (AvgIpc) is 2.54. The highest BCUT2D eigenvalue weighted by molar-refractivity contribution is 5.86. The molecule has 0 spiro atoms. The van der Waals surface area contributed by atoms with Crippen LogP contribution in [-0.4, -0.2) is 0 Å². The van der Waals surface area contributed by atoms with Crippen LogP contribution in [0.2, 0.25) is 0 Å². The van der Waals surface area contributed by atoms with Gasteiger partial charge in [-0.2, -0.15) is 0 Å². The maximum absolute atomic E-state index is 2.25. The van der Waals surface area contributed by atoms with Crippen molar-refractivity contribution in [3.05, 3.63) is 82.9 Å². The van der Waals surface area contributed by atoms with E-state index in [2.05, 4.69) is 102 Å². The van der Waals surface area contributed by atoms with Gasteiger partial charge in [-0.1, -0.05) is 88.4 Å². The van der Waals surface area contributed by atoms with Crippen molar-refractivity contribution >= 4 is 10.8 Å². The Kier molecular flexibility index (Phi) is 6.20. The Morgan fingerprint density at radius 2 is 1.12 bits per heavy atom. The van der Waals surface area contributed by atoms with Gasteiger partial charge in [-0.05, 0) is 58.7 Å². The van der Waals surface area contributed by atoms with Gasteiger partial charge in [0, 0.05) is 0 Å². The third kappa shape index (κ3) is 4.26. The van der Waals surface area contributed by atoms with E-state index >= 15 is 0 Å². The van der Waals surface area contributed by atoms with Gasteiger partial charge >= 0.3 is 0 Å². The third-order valence-corrected chi connectivity index (χ3v) is 4.56. The van der Waals surface area contributed by atoms with Gasteiger partial charge in [0.25, 0.3) is 0 Å². The SMILES string of the molecule is CC(C)c1cccc2ccccc12.Cc1cccc(C)c1C(C)C. The van der Waals surface area contributed by atoms with Crippen molar-refractivity contribution < 1.29 is 0 Å². The molecule has 0 saturated heterocycles. The van der Waals surface area contributed by atoms with Gasteiger partial charge in [-0.15, -0.1) is 0 Å². The molecule has 3 aromatic rings. The summed E-state index contributed by atoms with van der Waals surface area (Å²) in [6, 6.07) is 21.6. The van der Waals surface area contributed by atoms with E-state index < -0.39 is 0 Å². The van der Waals surface area contributed by atoms with Crippen molar-refractivity contribution in [3.63, 3.8) is 0 Å². The topological polar surface area (TPSA) is 0 Å². The lowest BCUT2D eigenvalue weighted by molar-refractivity contribution is 0.846. The molecule has 3 rings (SSSR count). The fourth-order valence-corrected chi connectivity index (χ4v) is 3.49. The van der Waals surface area contributed by atoms with Gasteiger partial charge in [0.2, 0.25) is 0 Å². The van der Waals surface area contributed by atoms with Gasteiger partial charge in [-0.3, -0.25) is 0 Å². The predicted molar refractivity (Wildman–Crippen MR) is 108 cm³/mol. The number of hydrogen-bond acceptors (Lipinski definition) is 0. The Bertz CT molecular complexity index is 768. The van der Waals surface area contributed by atoms with E-state index in [1.807, 2.05) is 0 Å². The van der Waals surface area contributed by atoms with E-state index in [1.54, 1.807) is 0 Å². The Balaban J connectivity index is 0.000000177. The van der Waals surface area contributed by atoms with Crippen molar-refractivity contribution in [2.75, 3.05) is 0 Å². The Labute approximate surface area is 147 Å². The van der Waals surface area contributed by atoms with Crippen LogP contribution in [0, 0.1) is 13.8 Å². The highest BCUT2D eigenvalue weighted by atomic mass is 14.1. The minimum atomic E-state index is 0.603. The first kappa shape index (κ1) is 18.3. The van der Waals surface area contributed by atoms with Crippen molar-refractivity contribution in [3.8, 4) is 0 Å². The first-order chi connectivity index (χ1) is 11.4. The number of fused-ring (bicyclic) bond motifs is 1. The minimum Gasteiger partial charge on any atom is -0.0617 e. The van der Waals surface area contributed by atoms with Crippen molar-refractivity contribution in [1.82, 2.24) is 0 Å². The van der Waals surface area contributed by atoms with Crippen LogP contribution in [0.3, 0.4) is 0 Å². The zero-order chi connectivity index (χ0) is 17.7. The van der Waals surface area contributed by atoms with Crippen LogP contribution in [0.4, 0.5) is 0 Å². The molecule has 0 unspecified atom stereocenters. The molecule has 0 heterocycles. The second kappa shape index (κ2) is 8.15. The molecule has 0 N–H and O–H groups in total. The molecule has 0 nitrogen and oxygen atoms in total. The summed E-state index contributed by atoms with van der Waals surface area (Å²) in [4.78, 5) is 0. The maximum Gasteiger partial charge on any atom is -0.0149 e. The number of rotatable bonds is 2. The standard InChI is InChI=1S/C13H14.C11H16/c1-10(2)12-9-5-7-11-6-3-4-8-13(11)12;1-8(2)11-9(3)6-5-7-10(11)4/h3-10H,1-2H3;5-8H,1-4H3. The van der Waals surface area contributed by atoms with Crippen LogP contribution in [0.1, 0.15) is 61.8 Å². The lowest BCUT2D eigenvalue weighted by Gasteiger charge is -2.12. The normalized spacial score (nSPS) is 10.8. The van der Waals surface area contributed by atoms with Gasteiger partial charge < -0.3 is 0 Å². The molecular formula is C24H30. The van der Waals surface area contributed by atoms with Crippen molar-refractivity contribution in [1.29, 1.82) is 0 Å². The lowest BCUT2D eigenvalue weighted by atomic mass is 9.94. The predicted octanol–water partition coefficient (Wildman–Crippen LogP) is 7.39. The first-order valence-corrected chi connectivity index (χ1v) is 8.95. The lowest BCUT2D eigenvalue weighted by Crippen LogP contribution is -1.94. The van der Waals surface area contributed by atoms with Gasteiger partial charge in [-0.25, -0.2) is 0 Å². The number of aryl methyl sites for hydroxylation is 2. The molecule has 3 aromatic carbocycles. The molecule has 0 saturated carbocycles. The molecule has 0 heteroatoms. The molecule has 0 fully saturated rings. The molecule has 0 aliphatic rings. The van der Waals surface area contributed by atoms with Gasteiger partial charge in [0.15, 0.2) is 0 Å². The van der Waals surface area contributed by atoms with Crippen LogP contribution in [0.25, 0.3) is 10.8 Å². The van der Waals surface area contributed by atoms with Gasteiger partial charge in [0.05, 0.1) is 0 Å². The van der Waals surface area contributed by atoms with Crippen LogP contribution in [0.5, 0.6) is 0 Å². The number of benzene rings is 3. The quantitative estimate of drug-likeness (QED) is 0.462. The van der Waals surface area contributed by atoms with Crippen LogP contribution >= 0.6 is 0 Å². The molecule has 24 heavy (non-hydrogen) atoms. The summed E-state index contributed by atoms with van der Waals surface area (Å²) in [5, 5.41) is 2.73. The van der Waals surface area contributed by atoms with Crippen LogP contribution in [-0.2, 0) is 0 Å². The summed E-state index contributed by atoms with van der Waals surface area (Å²) >= 11 is 0. The fraction of sp³-hybridized carbons (Fsp3) is 0.333. The average molecular weight is 319 g/mol. The molecule has 0 aromatic heterocycles. The van der Waals surface area contributed by atoms with E-state index in [4.69, 9.17) is 0 Å². The summed E-state index contributed by atoms with van der Waals surface area (Å²) in [7, 11) is 0. The largest absolute Gasteiger partial charge is 0.0617 e. The summed E-state index contributed by atoms with van der Waals surface area (Å²) in [6.07, 6.45) is 0. The highest BCUT2D eigenvalue weighted by Gasteiger charge is 2.05. The molecule has 0 bridgehead atoms. The van der Waals surface area contributed by atoms with Crippen LogP contribution < -0.4 is 0 Å². The molecular weight excluding hydrogens is 288 g/mol. The van der Waals surface area contributed by atoms with Crippen molar-refractivity contribution in [2.45, 2.75) is 53.4 Å². The van der Waals surface area contributed by atoms with E-state index in [-0.39, 0.29) is 0 Å². The molecule has 0 aliphatic heterocycles. The Morgan fingerprint density at radius 1 is 0.583 bits per heavy atom. The van der Waals surface area contributed by atoms with E-state index in [1.165, 1.54) is 33.0 Å². The summed E-state index contributed by atoms with van der Waals surface area (Å²) < 4.78 is 0. The smallest absolute Gasteiger partial charge is 0.0149 e. The fourth-order valence-electron chi connectivity index (χ4n) is 3.49. The molecule has 0 radical (unpaired) electrons. The monoisotopic (exact) mass is 318 g/mol. The number of hydrogen-bond donors (Lipinski definition) is 0. The zero-order valence-corrected chi connectivity index (χ0v) is 15.9. The second-order valence-electron chi connectivity index (χ2n) is 7.18. The Morgan fingerprint density at radius 3 is 1.67 bits per heavy atom. The van der Waals surface area contributed by atoms with E-state index in [0.29, 0.717) is 11.8 Å². The molecule has 126 valence electrons. The minimum absolute atomic E-state index is 0.603. The van der Waals surface area contributed by atoms with Gasteiger partial charge in [0.1, 0.15) is 0 Å². The van der Waals surface area contributed by atoms with Crippen LogP contribution in [0.15, 0.2) is 60.7 Å². The third-order valence-electron chi connectivity index (χ3n) is 4.56. The summed E-state index contributed by atoms with van der Waals surface area (Å²) in [5.74, 6) is 1.25. The first-order valence-electron chi connectivity index (χ1n) is 8.95. The highest BCUT2D eigenvalue weighted by Crippen LogP contribution is 2.24. The maximum atomic E-state index is 2.25. The zero-order valence-electron chi connectivity index (χ0n) is 15.9. The molecule has 0 amide bonds. The Hall–Kier alpha value is -2.08. The summed E-state index contributed by atoms with van der Waals surface area (Å²) in [6.45, 7) is 13.3. The molecule has 0 atom stereocenters. The summed E-state index contributed by atoms with van der Waals surface area (Å²) in [5.41, 5.74) is 5.78. The second-order valence-corrected chi connectivity index (χ2v) is 7.18. The van der Waals surface area contributed by atoms with Crippen molar-refractivity contribution in [2.24, 2.45) is 0 Å². The van der Waals surface area contributed by atoms with E-state index in [9.17, 15) is 0 Å².